The Labute approximate surface area is 198 Å². The van der Waals surface area contributed by atoms with Gasteiger partial charge in [0.15, 0.2) is 0 Å². The first-order valence-electron chi connectivity index (χ1n) is 10.9. The van der Waals surface area contributed by atoms with Crippen LogP contribution in [-0.4, -0.2) is 35.4 Å². The molecule has 1 aliphatic carbocycles. The number of ether oxygens (including phenoxy) is 1. The number of rotatable bonds is 3. The number of alkyl halides is 3. The molecule has 7 nitrogen and oxygen atoms in total. The van der Waals surface area contributed by atoms with Gasteiger partial charge in [-0.1, -0.05) is 42.5 Å². The number of anilines is 1. The fraction of sp³-hybridized carbons (Fsp3) is 0.280. The molecule has 0 N–H and O–H groups in total. The fourth-order valence-electron chi connectivity index (χ4n) is 5.10. The quantitative estimate of drug-likeness (QED) is 0.490. The number of hydrogen-bond acceptors (Lipinski definition) is 5. The summed E-state index contributed by atoms with van der Waals surface area (Å²) in [7, 11) is 0. The van der Waals surface area contributed by atoms with Crippen LogP contribution in [0.4, 0.5) is 23.7 Å². The molecule has 0 unspecified atom stereocenters. The lowest BCUT2D eigenvalue weighted by molar-refractivity contribution is -0.138. The summed E-state index contributed by atoms with van der Waals surface area (Å²) in [6.07, 6.45) is -2.03. The first kappa shape index (κ1) is 22.7. The van der Waals surface area contributed by atoms with E-state index < -0.39 is 59.0 Å². The third-order valence-electron chi connectivity index (χ3n) is 6.68. The first-order chi connectivity index (χ1) is 16.7. The third kappa shape index (κ3) is 3.73. The number of hydrogen-bond donors (Lipinski definition) is 0. The van der Waals surface area contributed by atoms with Crippen molar-refractivity contribution in [1.82, 2.24) is 4.90 Å². The Morgan fingerprint density at radius 2 is 1.77 bits per heavy atom. The highest BCUT2D eigenvalue weighted by atomic mass is 19.4. The van der Waals surface area contributed by atoms with E-state index in [-0.39, 0.29) is 18.8 Å². The van der Waals surface area contributed by atoms with Gasteiger partial charge in [-0.3, -0.25) is 9.59 Å². The van der Waals surface area contributed by atoms with Gasteiger partial charge in [-0.25, -0.2) is 9.69 Å². The number of imide groups is 1. The maximum absolute atomic E-state index is 13.5. The molecular weight excluding hydrogens is 463 g/mol. The van der Waals surface area contributed by atoms with Crippen molar-refractivity contribution in [3.8, 4) is 6.07 Å². The average molecular weight is 481 g/mol. The summed E-state index contributed by atoms with van der Waals surface area (Å²) in [4.78, 5) is 41.5. The number of carbonyl (C=O) groups excluding carboxylic acids is 3. The maximum Gasteiger partial charge on any atom is 0.417 e. The number of fused-ring (bicyclic) bond motifs is 1. The van der Waals surface area contributed by atoms with Gasteiger partial charge in [-0.2, -0.15) is 18.4 Å². The smallest absolute Gasteiger partial charge is 0.417 e. The summed E-state index contributed by atoms with van der Waals surface area (Å²) in [5.74, 6) is -3.50. The SMILES string of the molecule is N#Cc1ccc(N2C(=O)[C@@H]3[C@H](C2=O)[C@H]2C=C[C@@H]3N(C(=O)OCc3ccccc3)C2)cc1C(F)(F)F. The maximum atomic E-state index is 13.5. The molecule has 3 aliphatic heterocycles. The second-order valence-electron chi connectivity index (χ2n) is 8.63. The number of nitrogens with zero attached hydrogens (tertiary/aromatic N) is 3. The summed E-state index contributed by atoms with van der Waals surface area (Å²) in [5.41, 5.74) is -1.29. The van der Waals surface area contributed by atoms with Gasteiger partial charge in [-0.05, 0) is 23.8 Å². The topological polar surface area (TPSA) is 90.7 Å². The van der Waals surface area contributed by atoms with E-state index in [9.17, 15) is 27.6 Å². The molecular formula is C25H18F3N3O4. The Bertz CT molecular complexity index is 1290. The van der Waals surface area contributed by atoms with Crippen LogP contribution < -0.4 is 4.90 Å². The van der Waals surface area contributed by atoms with E-state index in [1.54, 1.807) is 24.3 Å². The summed E-state index contributed by atoms with van der Waals surface area (Å²) >= 11 is 0. The van der Waals surface area contributed by atoms with Gasteiger partial charge in [-0.15, -0.1) is 0 Å². The van der Waals surface area contributed by atoms with Crippen molar-refractivity contribution in [3.05, 3.63) is 77.4 Å². The molecule has 10 heteroatoms. The van der Waals surface area contributed by atoms with Crippen LogP contribution >= 0.6 is 0 Å². The van der Waals surface area contributed by atoms with Crippen molar-refractivity contribution in [2.45, 2.75) is 18.8 Å². The van der Waals surface area contributed by atoms with Crippen molar-refractivity contribution < 1.29 is 32.3 Å². The zero-order chi connectivity index (χ0) is 24.9. The monoisotopic (exact) mass is 481 g/mol. The zero-order valence-corrected chi connectivity index (χ0v) is 18.1. The lowest BCUT2D eigenvalue weighted by atomic mass is 9.70. The van der Waals surface area contributed by atoms with Crippen LogP contribution in [0.2, 0.25) is 0 Å². The standard InChI is InChI=1S/C25H18F3N3O4/c26-25(27,28)18-10-17(8-6-15(18)11-29)31-22(32)20-16-7-9-19(21(20)23(31)33)30(12-16)24(34)35-13-14-4-2-1-3-5-14/h1-10,16,19-21H,12-13H2/t16-,19-,20+,21-/m0/s1. The van der Waals surface area contributed by atoms with Gasteiger partial charge >= 0.3 is 12.3 Å². The number of benzene rings is 2. The minimum atomic E-state index is -4.83. The first-order valence-corrected chi connectivity index (χ1v) is 10.9. The number of halogens is 3. The largest absolute Gasteiger partial charge is 0.445 e. The molecule has 2 aromatic carbocycles. The van der Waals surface area contributed by atoms with Crippen LogP contribution in [0.1, 0.15) is 16.7 Å². The van der Waals surface area contributed by atoms with E-state index >= 15 is 0 Å². The van der Waals surface area contributed by atoms with E-state index in [0.717, 1.165) is 22.6 Å². The van der Waals surface area contributed by atoms with Gasteiger partial charge in [0.2, 0.25) is 11.8 Å². The molecule has 0 radical (unpaired) electrons. The Morgan fingerprint density at radius 1 is 1.06 bits per heavy atom. The average Bonchev–Trinajstić information content (AvgIpc) is 3.14. The van der Waals surface area contributed by atoms with Crippen molar-refractivity contribution in [1.29, 1.82) is 5.26 Å². The highest BCUT2D eigenvalue weighted by molar-refractivity contribution is 6.23. The lowest BCUT2D eigenvalue weighted by Gasteiger charge is -2.45. The minimum Gasteiger partial charge on any atom is -0.445 e. The summed E-state index contributed by atoms with van der Waals surface area (Å²) < 4.78 is 45.8. The van der Waals surface area contributed by atoms with Crippen molar-refractivity contribution in [3.63, 3.8) is 0 Å². The molecule has 2 saturated heterocycles. The molecule has 0 aromatic heterocycles. The summed E-state index contributed by atoms with van der Waals surface area (Å²) in [6, 6.07) is 12.5. The van der Waals surface area contributed by atoms with Gasteiger partial charge < -0.3 is 9.64 Å². The van der Waals surface area contributed by atoms with Gasteiger partial charge in [0.25, 0.3) is 0 Å². The molecule has 4 aliphatic rings. The highest BCUT2D eigenvalue weighted by Gasteiger charge is 2.60. The van der Waals surface area contributed by atoms with Gasteiger partial charge in [0.05, 0.1) is 40.8 Å². The van der Waals surface area contributed by atoms with Crippen LogP contribution in [0.3, 0.4) is 0 Å². The second-order valence-corrected chi connectivity index (χ2v) is 8.63. The van der Waals surface area contributed by atoms with E-state index in [1.807, 2.05) is 18.2 Å². The van der Waals surface area contributed by atoms with Crippen LogP contribution in [0, 0.1) is 29.1 Å². The van der Waals surface area contributed by atoms with E-state index in [1.165, 1.54) is 11.0 Å². The number of piperidine rings is 1. The second kappa shape index (κ2) is 8.27. The van der Waals surface area contributed by atoms with E-state index in [0.29, 0.717) is 6.07 Å². The van der Waals surface area contributed by atoms with E-state index in [4.69, 9.17) is 10.00 Å². The molecule has 0 spiro atoms. The molecule has 2 aromatic rings. The zero-order valence-electron chi connectivity index (χ0n) is 18.1. The Kier molecular flexibility index (Phi) is 5.35. The highest BCUT2D eigenvalue weighted by Crippen LogP contribution is 2.47. The van der Waals surface area contributed by atoms with Crippen LogP contribution in [0.25, 0.3) is 0 Å². The lowest BCUT2D eigenvalue weighted by Crippen LogP contribution is -2.58. The Hall–Kier alpha value is -4.13. The Morgan fingerprint density at radius 3 is 2.46 bits per heavy atom. The van der Waals surface area contributed by atoms with Crippen LogP contribution in [0.5, 0.6) is 0 Å². The predicted molar refractivity (Wildman–Crippen MR) is 115 cm³/mol. The Balaban J connectivity index is 1.41. The number of amides is 3. The molecule has 178 valence electrons. The predicted octanol–water partition coefficient (Wildman–Crippen LogP) is 3.89. The van der Waals surface area contributed by atoms with Crippen molar-refractivity contribution >= 4 is 23.6 Å². The minimum absolute atomic E-state index is 0.0375. The normalized spacial score (nSPS) is 25.0. The summed E-state index contributed by atoms with van der Waals surface area (Å²) in [6.45, 7) is 0.194. The molecule has 6 rings (SSSR count). The fourth-order valence-corrected chi connectivity index (χ4v) is 5.10. The molecule has 3 amide bonds. The van der Waals surface area contributed by atoms with Gasteiger partial charge in [0.1, 0.15) is 6.61 Å². The number of nitriles is 1. The molecule has 35 heavy (non-hydrogen) atoms. The molecule has 2 fully saturated rings. The van der Waals surface area contributed by atoms with Crippen molar-refractivity contribution in [2.24, 2.45) is 17.8 Å². The van der Waals surface area contributed by atoms with E-state index in [2.05, 4.69) is 0 Å². The summed E-state index contributed by atoms with van der Waals surface area (Å²) in [5, 5.41) is 9.03. The molecule has 4 atom stereocenters. The van der Waals surface area contributed by atoms with Crippen LogP contribution in [-0.2, 0) is 27.1 Å². The van der Waals surface area contributed by atoms with Crippen LogP contribution in [0.15, 0.2) is 60.7 Å². The third-order valence-corrected chi connectivity index (χ3v) is 6.68. The van der Waals surface area contributed by atoms with Crippen molar-refractivity contribution in [2.75, 3.05) is 11.4 Å². The molecule has 2 bridgehead atoms. The molecule has 3 heterocycles. The molecule has 0 saturated carbocycles. The van der Waals surface area contributed by atoms with Gasteiger partial charge in [0, 0.05) is 12.5 Å². The number of carbonyl (C=O) groups is 3.